The molecular weight excluding hydrogens is 424 g/mol. The monoisotopic (exact) mass is 447 g/mol. The fourth-order valence-corrected chi connectivity index (χ4v) is 3.91. The summed E-state index contributed by atoms with van der Waals surface area (Å²) in [4.78, 5) is 33.6. The van der Waals surface area contributed by atoms with Crippen LogP contribution in [0.2, 0.25) is 0 Å². The summed E-state index contributed by atoms with van der Waals surface area (Å²) in [5, 5.41) is 0. The maximum atomic E-state index is 14.6. The Morgan fingerprint density at radius 3 is 2.30 bits per heavy atom. The van der Waals surface area contributed by atoms with Crippen LogP contribution in [-0.2, 0) is 16.0 Å². The first-order chi connectivity index (χ1) is 15.9. The molecule has 168 valence electrons. The molecule has 5 nitrogen and oxygen atoms in total. The molecule has 3 aromatic rings. The first-order valence-electron chi connectivity index (χ1n) is 10.7. The molecular formula is C26H23F2N3O2. The average Bonchev–Trinajstić information content (AvgIpc) is 3.07. The number of halogens is 2. The minimum Gasteiger partial charge on any atom is -0.366 e. The van der Waals surface area contributed by atoms with Gasteiger partial charge in [0.25, 0.3) is 11.8 Å². The summed E-state index contributed by atoms with van der Waals surface area (Å²) in [7, 11) is 0. The van der Waals surface area contributed by atoms with E-state index in [9.17, 15) is 18.4 Å². The van der Waals surface area contributed by atoms with Crippen LogP contribution in [0.1, 0.15) is 23.6 Å². The number of amides is 2. The van der Waals surface area contributed by atoms with E-state index in [2.05, 4.69) is 4.98 Å². The van der Waals surface area contributed by atoms with Gasteiger partial charge < -0.3 is 4.90 Å². The third kappa shape index (κ3) is 4.39. The smallest absolute Gasteiger partial charge is 0.282 e. The zero-order chi connectivity index (χ0) is 23.5. The summed E-state index contributed by atoms with van der Waals surface area (Å²) in [5.74, 6) is -2.92. The minimum atomic E-state index is -0.845. The Morgan fingerprint density at radius 2 is 1.64 bits per heavy atom. The fourth-order valence-electron chi connectivity index (χ4n) is 3.91. The molecule has 33 heavy (non-hydrogen) atoms. The van der Waals surface area contributed by atoms with Gasteiger partial charge in [0.2, 0.25) is 0 Å². The van der Waals surface area contributed by atoms with Gasteiger partial charge in [-0.25, -0.2) is 13.7 Å². The topological polar surface area (TPSA) is 53.5 Å². The van der Waals surface area contributed by atoms with Gasteiger partial charge in [0.05, 0.1) is 11.3 Å². The van der Waals surface area contributed by atoms with Crippen molar-refractivity contribution < 1.29 is 18.4 Å². The lowest BCUT2D eigenvalue weighted by molar-refractivity contribution is -0.120. The van der Waals surface area contributed by atoms with Crippen LogP contribution in [0.4, 0.5) is 14.5 Å². The van der Waals surface area contributed by atoms with Crippen LogP contribution in [-0.4, -0.2) is 34.8 Å². The normalized spacial score (nSPS) is 13.8. The number of aromatic nitrogens is 1. The van der Waals surface area contributed by atoms with Crippen LogP contribution in [0, 0.1) is 18.6 Å². The number of likely N-dealkylation sites (N-methyl/N-ethyl adjacent to an activating group) is 1. The Kier molecular flexibility index (Phi) is 6.31. The van der Waals surface area contributed by atoms with Gasteiger partial charge in [-0.3, -0.25) is 14.6 Å². The molecule has 1 aromatic heterocycles. The van der Waals surface area contributed by atoms with E-state index in [1.807, 2.05) is 43.0 Å². The summed E-state index contributed by atoms with van der Waals surface area (Å²) in [6.07, 6.45) is 4.01. The minimum absolute atomic E-state index is 0.181. The highest BCUT2D eigenvalue weighted by atomic mass is 19.1. The largest absolute Gasteiger partial charge is 0.366 e. The van der Waals surface area contributed by atoms with Crippen molar-refractivity contribution in [3.05, 3.63) is 101 Å². The quantitative estimate of drug-likeness (QED) is 0.500. The Morgan fingerprint density at radius 1 is 0.939 bits per heavy atom. The lowest BCUT2D eigenvalue weighted by atomic mass is 10.0. The number of hydrogen-bond acceptors (Lipinski definition) is 4. The molecule has 0 radical (unpaired) electrons. The number of carbonyl (C=O) groups is 2. The molecule has 7 heteroatoms. The summed E-state index contributed by atoms with van der Waals surface area (Å²) in [6.45, 7) is 4.72. The maximum Gasteiger partial charge on any atom is 0.282 e. The maximum absolute atomic E-state index is 14.6. The van der Waals surface area contributed by atoms with Gasteiger partial charge in [-0.15, -0.1) is 0 Å². The van der Waals surface area contributed by atoms with E-state index in [1.54, 1.807) is 24.5 Å². The number of aryl methyl sites for hydroxylation is 1. The van der Waals surface area contributed by atoms with E-state index in [4.69, 9.17) is 0 Å². The number of rotatable bonds is 7. The molecule has 0 N–H and O–H groups in total. The van der Waals surface area contributed by atoms with Crippen LogP contribution in [0.25, 0.3) is 5.57 Å². The van der Waals surface area contributed by atoms with E-state index >= 15 is 0 Å². The molecule has 4 rings (SSSR count). The first kappa shape index (κ1) is 22.3. The number of hydrogen-bond donors (Lipinski definition) is 0. The van der Waals surface area contributed by atoms with Crippen LogP contribution < -0.4 is 4.90 Å². The zero-order valence-electron chi connectivity index (χ0n) is 18.4. The van der Waals surface area contributed by atoms with Crippen molar-refractivity contribution in [3.8, 4) is 0 Å². The zero-order valence-corrected chi connectivity index (χ0v) is 18.4. The van der Waals surface area contributed by atoms with Crippen molar-refractivity contribution in [1.29, 1.82) is 0 Å². The van der Waals surface area contributed by atoms with Gasteiger partial charge in [0.1, 0.15) is 17.3 Å². The SMILES string of the molecule is CCN(CCc1ccncc1)C1=C(c2ccc(C)cc2)C(=O)N(c2cc(F)ccc2F)C1=O. The first-order valence-corrected chi connectivity index (χ1v) is 10.7. The molecule has 0 fully saturated rings. The molecule has 0 saturated carbocycles. The molecule has 0 atom stereocenters. The molecule has 0 saturated heterocycles. The van der Waals surface area contributed by atoms with Crippen LogP contribution in [0.5, 0.6) is 0 Å². The van der Waals surface area contributed by atoms with Gasteiger partial charge in [-0.2, -0.15) is 0 Å². The molecule has 0 unspecified atom stereocenters. The summed E-state index contributed by atoms with van der Waals surface area (Å²) in [6, 6.07) is 13.7. The highest BCUT2D eigenvalue weighted by Crippen LogP contribution is 2.36. The van der Waals surface area contributed by atoms with Crippen LogP contribution >= 0.6 is 0 Å². The second-order valence-corrected chi connectivity index (χ2v) is 7.82. The summed E-state index contributed by atoms with van der Waals surface area (Å²) < 4.78 is 28.5. The fraction of sp³-hybridized carbons (Fsp3) is 0.192. The Balaban J connectivity index is 1.79. The number of benzene rings is 2. The summed E-state index contributed by atoms with van der Waals surface area (Å²) in [5.41, 5.74) is 2.55. The van der Waals surface area contributed by atoms with E-state index in [1.165, 1.54) is 0 Å². The van der Waals surface area contributed by atoms with E-state index in [0.29, 0.717) is 25.1 Å². The number of imide groups is 1. The molecule has 1 aliphatic heterocycles. The van der Waals surface area contributed by atoms with Crippen LogP contribution in [0.3, 0.4) is 0 Å². The van der Waals surface area contributed by atoms with Crippen molar-refractivity contribution in [1.82, 2.24) is 9.88 Å². The van der Waals surface area contributed by atoms with Crippen molar-refractivity contribution in [3.63, 3.8) is 0 Å². The molecule has 2 aromatic carbocycles. The van der Waals surface area contributed by atoms with Crippen molar-refractivity contribution in [2.75, 3.05) is 18.0 Å². The van der Waals surface area contributed by atoms with Crippen LogP contribution in [0.15, 0.2) is 72.7 Å². The standard InChI is InChI=1S/C26H23F2N3O2/c1-3-30(15-12-18-10-13-29-14-11-18)24-23(19-6-4-17(2)5-7-19)25(32)31(26(24)33)22-16-20(27)8-9-21(22)28/h4-11,13-14,16H,3,12,15H2,1-2H3. The second kappa shape index (κ2) is 9.32. The summed E-state index contributed by atoms with van der Waals surface area (Å²) >= 11 is 0. The van der Waals surface area contributed by atoms with Crippen molar-refractivity contribution in [2.24, 2.45) is 0 Å². The Bertz CT molecular complexity index is 1220. The average molecular weight is 447 g/mol. The highest BCUT2D eigenvalue weighted by molar-refractivity contribution is 6.45. The second-order valence-electron chi connectivity index (χ2n) is 7.82. The number of pyridine rings is 1. The number of carbonyl (C=O) groups excluding carboxylic acids is 2. The number of anilines is 1. The van der Waals surface area contributed by atoms with Gasteiger partial charge >= 0.3 is 0 Å². The van der Waals surface area contributed by atoms with Crippen molar-refractivity contribution in [2.45, 2.75) is 20.3 Å². The van der Waals surface area contributed by atoms with E-state index < -0.39 is 29.1 Å². The van der Waals surface area contributed by atoms with Gasteiger partial charge in [0.15, 0.2) is 0 Å². The van der Waals surface area contributed by atoms with E-state index in [0.717, 1.165) is 34.2 Å². The molecule has 0 bridgehead atoms. The predicted octanol–water partition coefficient (Wildman–Crippen LogP) is 4.52. The predicted molar refractivity (Wildman–Crippen MR) is 122 cm³/mol. The van der Waals surface area contributed by atoms with Gasteiger partial charge in [-0.1, -0.05) is 29.8 Å². The lowest BCUT2D eigenvalue weighted by Crippen LogP contribution is -2.36. The Labute approximate surface area is 191 Å². The van der Waals surface area contributed by atoms with Gasteiger partial charge in [0, 0.05) is 31.5 Å². The lowest BCUT2D eigenvalue weighted by Gasteiger charge is -2.25. The van der Waals surface area contributed by atoms with Crippen molar-refractivity contribution >= 4 is 23.1 Å². The highest BCUT2D eigenvalue weighted by Gasteiger charge is 2.43. The van der Waals surface area contributed by atoms with E-state index in [-0.39, 0.29) is 11.3 Å². The third-order valence-corrected chi connectivity index (χ3v) is 5.67. The molecule has 0 aliphatic carbocycles. The molecule has 2 amide bonds. The number of nitrogens with zero attached hydrogens (tertiary/aromatic N) is 3. The third-order valence-electron chi connectivity index (χ3n) is 5.67. The molecule has 0 spiro atoms. The molecule has 2 heterocycles. The Hall–Kier alpha value is -3.87. The van der Waals surface area contributed by atoms with Gasteiger partial charge in [-0.05, 0) is 55.7 Å². The molecule has 1 aliphatic rings.